The average molecular weight is 263 g/mol. The van der Waals surface area contributed by atoms with E-state index in [9.17, 15) is 18.0 Å². The van der Waals surface area contributed by atoms with Crippen molar-refractivity contribution >= 4 is 18.3 Å². The minimum absolute atomic E-state index is 0. The lowest BCUT2D eigenvalue weighted by Crippen LogP contribution is -2.51. The quantitative estimate of drug-likeness (QED) is 0.791. The molecule has 0 bridgehead atoms. The van der Waals surface area contributed by atoms with Crippen LogP contribution in [0.1, 0.15) is 6.42 Å². The summed E-state index contributed by atoms with van der Waals surface area (Å²) in [5, 5.41) is 0. The maximum atomic E-state index is 12.1. The van der Waals surface area contributed by atoms with Crippen LogP contribution in [0.25, 0.3) is 0 Å². The van der Waals surface area contributed by atoms with Crippen LogP contribution in [0.4, 0.5) is 13.2 Å². The molecule has 1 unspecified atom stereocenters. The van der Waals surface area contributed by atoms with E-state index >= 15 is 0 Å². The summed E-state index contributed by atoms with van der Waals surface area (Å²) in [7, 11) is 1.46. The van der Waals surface area contributed by atoms with E-state index in [1.165, 1.54) is 7.11 Å². The number of hydrogen-bond donors (Lipinski definition) is 1. The molecule has 1 rings (SSSR count). The molecule has 0 aromatic rings. The Balaban J connectivity index is 0.00000225. The van der Waals surface area contributed by atoms with Crippen molar-refractivity contribution < 1.29 is 22.7 Å². The van der Waals surface area contributed by atoms with Crippen LogP contribution in [0.3, 0.4) is 0 Å². The Morgan fingerprint density at radius 3 is 2.50 bits per heavy atom. The van der Waals surface area contributed by atoms with Crippen LogP contribution in [-0.2, 0) is 9.53 Å². The maximum absolute atomic E-state index is 12.1. The van der Waals surface area contributed by atoms with Gasteiger partial charge in [0.05, 0.1) is 6.10 Å². The number of ether oxygens (including phenoxy) is 1. The lowest BCUT2D eigenvalue weighted by Gasteiger charge is -2.22. The topological polar surface area (TPSA) is 55.6 Å². The summed E-state index contributed by atoms with van der Waals surface area (Å²) in [6.45, 7) is 0.445. The maximum Gasteiger partial charge on any atom is 0.412 e. The van der Waals surface area contributed by atoms with Crippen molar-refractivity contribution in [2.45, 2.75) is 24.7 Å². The SMILES string of the molecule is CO[C@H]1CCN(C(=O)C(N)C(F)(F)F)C1.Cl. The van der Waals surface area contributed by atoms with Gasteiger partial charge in [-0.1, -0.05) is 0 Å². The van der Waals surface area contributed by atoms with Gasteiger partial charge in [0.2, 0.25) is 5.91 Å². The summed E-state index contributed by atoms with van der Waals surface area (Å²) in [6, 6.07) is -2.42. The molecule has 1 heterocycles. The number of alkyl halides is 3. The average Bonchev–Trinajstić information content (AvgIpc) is 2.62. The third-order valence-electron chi connectivity index (χ3n) is 2.41. The van der Waals surface area contributed by atoms with Gasteiger partial charge < -0.3 is 15.4 Å². The minimum atomic E-state index is -4.68. The highest BCUT2D eigenvalue weighted by Gasteiger charge is 2.45. The first-order chi connectivity index (χ1) is 6.86. The number of likely N-dealkylation sites (tertiary alicyclic amines) is 1. The molecule has 8 heteroatoms. The van der Waals surface area contributed by atoms with Crippen LogP contribution < -0.4 is 5.73 Å². The molecule has 16 heavy (non-hydrogen) atoms. The van der Waals surface area contributed by atoms with Crippen molar-refractivity contribution in [1.82, 2.24) is 4.90 Å². The molecule has 0 spiro atoms. The Kier molecular flexibility index (Phi) is 5.51. The van der Waals surface area contributed by atoms with Gasteiger partial charge in [-0.2, -0.15) is 13.2 Å². The standard InChI is InChI=1S/C8H13F3N2O2.ClH/c1-15-5-2-3-13(4-5)7(14)6(12)8(9,10)11;/h5-6H,2-4,12H2,1H3;1H/t5-,6?;/m0./s1. The predicted octanol–water partition coefficient (Wildman–Crippen LogP) is 0.545. The molecule has 1 aliphatic rings. The molecule has 1 fully saturated rings. The Labute approximate surface area is 97.3 Å². The first-order valence-corrected chi connectivity index (χ1v) is 4.50. The molecular formula is C8H14ClF3N2O2. The molecular weight excluding hydrogens is 249 g/mol. The number of nitrogens with zero attached hydrogens (tertiary/aromatic N) is 1. The molecule has 0 aromatic heterocycles. The van der Waals surface area contributed by atoms with Crippen LogP contribution in [0.15, 0.2) is 0 Å². The Hall–Kier alpha value is -0.530. The number of carbonyl (C=O) groups is 1. The summed E-state index contributed by atoms with van der Waals surface area (Å²) in [6.07, 6.45) is -4.32. The van der Waals surface area contributed by atoms with Gasteiger partial charge in [0.15, 0.2) is 6.04 Å². The highest BCUT2D eigenvalue weighted by atomic mass is 35.5. The molecule has 2 N–H and O–H groups in total. The Bertz CT molecular complexity index is 250. The van der Waals surface area contributed by atoms with E-state index in [1.54, 1.807) is 0 Å². The van der Waals surface area contributed by atoms with E-state index in [0.717, 1.165) is 4.90 Å². The van der Waals surface area contributed by atoms with Gasteiger partial charge in [-0.3, -0.25) is 4.79 Å². The smallest absolute Gasteiger partial charge is 0.380 e. The van der Waals surface area contributed by atoms with E-state index in [-0.39, 0.29) is 31.6 Å². The van der Waals surface area contributed by atoms with Crippen molar-refractivity contribution in [3.8, 4) is 0 Å². The first kappa shape index (κ1) is 15.5. The minimum Gasteiger partial charge on any atom is -0.380 e. The first-order valence-electron chi connectivity index (χ1n) is 4.50. The lowest BCUT2D eigenvalue weighted by molar-refractivity contribution is -0.169. The molecule has 1 aliphatic heterocycles. The second-order valence-corrected chi connectivity index (χ2v) is 3.45. The fourth-order valence-corrected chi connectivity index (χ4v) is 1.46. The van der Waals surface area contributed by atoms with Gasteiger partial charge >= 0.3 is 6.18 Å². The van der Waals surface area contributed by atoms with Gasteiger partial charge in [0, 0.05) is 20.2 Å². The third kappa shape index (κ3) is 3.50. The van der Waals surface area contributed by atoms with Gasteiger partial charge in [0.25, 0.3) is 0 Å². The van der Waals surface area contributed by atoms with E-state index < -0.39 is 18.1 Å². The Morgan fingerprint density at radius 2 is 2.12 bits per heavy atom. The molecule has 0 radical (unpaired) electrons. The van der Waals surface area contributed by atoms with Crippen molar-refractivity contribution in [2.24, 2.45) is 5.73 Å². The number of rotatable bonds is 2. The Morgan fingerprint density at radius 1 is 1.56 bits per heavy atom. The predicted molar refractivity (Wildman–Crippen MR) is 53.3 cm³/mol. The van der Waals surface area contributed by atoms with Crippen molar-refractivity contribution in [1.29, 1.82) is 0 Å². The van der Waals surface area contributed by atoms with Crippen LogP contribution in [0.2, 0.25) is 0 Å². The highest BCUT2D eigenvalue weighted by Crippen LogP contribution is 2.22. The van der Waals surface area contributed by atoms with Crippen LogP contribution in [0, 0.1) is 0 Å². The molecule has 0 aliphatic carbocycles. The van der Waals surface area contributed by atoms with Gasteiger partial charge in [-0.15, -0.1) is 12.4 Å². The molecule has 96 valence electrons. The second kappa shape index (κ2) is 5.70. The van der Waals surface area contributed by atoms with E-state index in [1.807, 2.05) is 0 Å². The molecule has 0 saturated carbocycles. The van der Waals surface area contributed by atoms with Gasteiger partial charge in [-0.25, -0.2) is 0 Å². The zero-order valence-electron chi connectivity index (χ0n) is 8.66. The molecule has 1 saturated heterocycles. The molecule has 4 nitrogen and oxygen atoms in total. The van der Waals surface area contributed by atoms with Crippen molar-refractivity contribution in [2.75, 3.05) is 20.2 Å². The number of halogens is 4. The second-order valence-electron chi connectivity index (χ2n) is 3.45. The highest BCUT2D eigenvalue weighted by molar-refractivity contribution is 5.85. The summed E-state index contributed by atoms with van der Waals surface area (Å²) >= 11 is 0. The fourth-order valence-electron chi connectivity index (χ4n) is 1.46. The van der Waals surface area contributed by atoms with Crippen molar-refractivity contribution in [3.63, 3.8) is 0 Å². The summed E-state index contributed by atoms with van der Waals surface area (Å²) in [4.78, 5) is 12.4. The third-order valence-corrected chi connectivity index (χ3v) is 2.41. The van der Waals surface area contributed by atoms with Crippen LogP contribution in [0.5, 0.6) is 0 Å². The molecule has 0 aromatic carbocycles. The van der Waals surface area contributed by atoms with Crippen LogP contribution in [-0.4, -0.2) is 49.3 Å². The number of hydrogen-bond acceptors (Lipinski definition) is 3. The summed E-state index contributed by atoms with van der Waals surface area (Å²) in [5.41, 5.74) is 4.80. The molecule has 1 amide bonds. The van der Waals surface area contributed by atoms with Gasteiger partial charge in [0.1, 0.15) is 0 Å². The normalized spacial score (nSPS) is 22.8. The zero-order valence-corrected chi connectivity index (χ0v) is 9.48. The van der Waals surface area contributed by atoms with E-state index in [2.05, 4.69) is 0 Å². The van der Waals surface area contributed by atoms with Gasteiger partial charge in [-0.05, 0) is 6.42 Å². The molecule has 2 atom stereocenters. The largest absolute Gasteiger partial charge is 0.412 e. The fraction of sp³-hybridized carbons (Fsp3) is 0.875. The summed E-state index contributed by atoms with van der Waals surface area (Å²) < 4.78 is 41.3. The summed E-state index contributed by atoms with van der Waals surface area (Å²) in [5.74, 6) is -1.08. The number of methoxy groups -OCH3 is 1. The number of amides is 1. The van der Waals surface area contributed by atoms with Crippen molar-refractivity contribution in [3.05, 3.63) is 0 Å². The number of nitrogens with two attached hydrogens (primary N) is 1. The zero-order chi connectivity index (χ0) is 11.6. The van der Waals surface area contributed by atoms with E-state index in [4.69, 9.17) is 10.5 Å². The van der Waals surface area contributed by atoms with Crippen LogP contribution >= 0.6 is 12.4 Å². The number of carbonyl (C=O) groups excluding carboxylic acids is 1. The lowest BCUT2D eigenvalue weighted by atomic mass is 10.2. The van der Waals surface area contributed by atoms with E-state index in [0.29, 0.717) is 6.42 Å². The monoisotopic (exact) mass is 262 g/mol.